The van der Waals surface area contributed by atoms with E-state index in [1.54, 1.807) is 6.07 Å². The molecule has 0 saturated heterocycles. The molecular weight excluding hydrogens is 347 g/mol. The summed E-state index contributed by atoms with van der Waals surface area (Å²) in [6.07, 6.45) is 0. The van der Waals surface area contributed by atoms with Crippen LogP contribution < -0.4 is 4.57 Å². The molecule has 0 N–H and O–H groups in total. The number of fused-ring (bicyclic) bond motifs is 1. The van der Waals surface area contributed by atoms with E-state index >= 15 is 0 Å². The maximum atomic E-state index is 14.8. The molecule has 1 heterocycles. The van der Waals surface area contributed by atoms with Crippen molar-refractivity contribution < 1.29 is 8.96 Å². The van der Waals surface area contributed by atoms with Gasteiger partial charge in [0.15, 0.2) is 11.4 Å². The highest BCUT2D eigenvalue weighted by Crippen LogP contribution is 2.35. The van der Waals surface area contributed by atoms with E-state index in [0.29, 0.717) is 11.3 Å². The van der Waals surface area contributed by atoms with E-state index in [4.69, 9.17) is 6.57 Å². The summed E-state index contributed by atoms with van der Waals surface area (Å²) < 4.78 is 16.9. The Hall–Kier alpha value is -3.51. The Morgan fingerprint density at radius 3 is 2.36 bits per heavy atom. The molecule has 0 fully saturated rings. The summed E-state index contributed by atoms with van der Waals surface area (Å²) in [6.45, 7) is 11.3. The van der Waals surface area contributed by atoms with Crippen LogP contribution in [0.2, 0.25) is 0 Å². The van der Waals surface area contributed by atoms with E-state index in [0.717, 1.165) is 38.9 Å². The molecule has 0 aliphatic heterocycles. The first-order chi connectivity index (χ1) is 13.5. The number of halogens is 1. The van der Waals surface area contributed by atoms with Gasteiger partial charge >= 0.3 is 0 Å². The number of hydrogen-bond donors (Lipinski definition) is 0. The van der Waals surface area contributed by atoms with Crippen molar-refractivity contribution >= 4 is 16.5 Å². The van der Waals surface area contributed by atoms with Crippen LogP contribution in [0.4, 0.5) is 10.1 Å². The van der Waals surface area contributed by atoms with E-state index in [9.17, 15) is 4.39 Å². The monoisotopic (exact) mass is 367 g/mol. The number of benzene rings is 3. The van der Waals surface area contributed by atoms with Crippen LogP contribution in [-0.4, -0.2) is 0 Å². The second-order valence-corrected chi connectivity index (χ2v) is 7.09. The average Bonchev–Trinajstić information content (AvgIpc) is 2.70. The lowest BCUT2D eigenvalue weighted by Gasteiger charge is -2.13. The molecule has 28 heavy (non-hydrogen) atoms. The van der Waals surface area contributed by atoms with Crippen molar-refractivity contribution in [1.29, 1.82) is 0 Å². The van der Waals surface area contributed by atoms with Crippen molar-refractivity contribution in [3.8, 4) is 22.4 Å². The van der Waals surface area contributed by atoms with Gasteiger partial charge in [-0.1, -0.05) is 42.5 Å². The van der Waals surface area contributed by atoms with Crippen LogP contribution >= 0.6 is 0 Å². The van der Waals surface area contributed by atoms with E-state index < -0.39 is 0 Å². The Balaban J connectivity index is 2.06. The number of aryl methyl sites for hydroxylation is 2. The van der Waals surface area contributed by atoms with E-state index in [-0.39, 0.29) is 5.82 Å². The second-order valence-electron chi connectivity index (χ2n) is 7.09. The van der Waals surface area contributed by atoms with Crippen molar-refractivity contribution in [2.24, 2.45) is 7.05 Å². The summed E-state index contributed by atoms with van der Waals surface area (Å²) in [6, 6.07) is 21.0. The zero-order valence-corrected chi connectivity index (χ0v) is 16.1. The zero-order valence-electron chi connectivity index (χ0n) is 16.1. The SMILES string of the molecule is [C-]#[N+]c1ccc2c(-c3cc(-c4ccccc4)c(F)cc3C)[n+](C)c(C)cc2c1. The van der Waals surface area contributed by atoms with Crippen LogP contribution in [0, 0.1) is 26.2 Å². The zero-order chi connectivity index (χ0) is 19.8. The van der Waals surface area contributed by atoms with Gasteiger partial charge in [-0.15, -0.1) is 0 Å². The number of hydrogen-bond acceptors (Lipinski definition) is 0. The lowest BCUT2D eigenvalue weighted by Crippen LogP contribution is -2.35. The molecule has 0 unspecified atom stereocenters. The second kappa shape index (κ2) is 6.90. The minimum atomic E-state index is -0.220. The van der Waals surface area contributed by atoms with Gasteiger partial charge in [0.2, 0.25) is 5.69 Å². The van der Waals surface area contributed by atoms with Gasteiger partial charge in [0, 0.05) is 18.6 Å². The minimum Gasteiger partial charge on any atom is -0.238 e. The predicted molar refractivity (Wildman–Crippen MR) is 112 cm³/mol. The number of nitrogens with zero attached hydrogens (tertiary/aromatic N) is 2. The third kappa shape index (κ3) is 2.93. The highest BCUT2D eigenvalue weighted by atomic mass is 19.1. The van der Waals surface area contributed by atoms with Crippen molar-refractivity contribution in [2.75, 3.05) is 0 Å². The summed E-state index contributed by atoms with van der Waals surface area (Å²) in [5, 5.41) is 2.07. The molecule has 4 aromatic rings. The Morgan fingerprint density at radius 1 is 0.893 bits per heavy atom. The molecule has 1 aromatic heterocycles. The van der Waals surface area contributed by atoms with E-state index in [1.807, 2.05) is 75.5 Å². The molecule has 3 aromatic carbocycles. The molecule has 0 saturated carbocycles. The van der Waals surface area contributed by atoms with Gasteiger partial charge < -0.3 is 0 Å². The molecule has 2 nitrogen and oxygen atoms in total. The lowest BCUT2D eigenvalue weighted by molar-refractivity contribution is -0.665. The van der Waals surface area contributed by atoms with Gasteiger partial charge in [0.25, 0.3) is 0 Å². The van der Waals surface area contributed by atoms with E-state index in [1.165, 1.54) is 0 Å². The summed E-state index contributed by atoms with van der Waals surface area (Å²) in [4.78, 5) is 3.55. The topological polar surface area (TPSA) is 8.24 Å². The molecular formula is C25H20FN2+. The molecule has 0 amide bonds. The summed E-state index contributed by atoms with van der Waals surface area (Å²) in [7, 11) is 2.03. The van der Waals surface area contributed by atoms with Gasteiger partial charge in [-0.25, -0.2) is 9.24 Å². The van der Waals surface area contributed by atoms with Crippen molar-refractivity contribution in [2.45, 2.75) is 13.8 Å². The number of pyridine rings is 1. The Morgan fingerprint density at radius 2 is 1.64 bits per heavy atom. The fourth-order valence-electron chi connectivity index (χ4n) is 3.73. The van der Waals surface area contributed by atoms with E-state index in [2.05, 4.69) is 15.5 Å². The fourth-order valence-corrected chi connectivity index (χ4v) is 3.73. The van der Waals surface area contributed by atoms with Crippen LogP contribution in [0.5, 0.6) is 0 Å². The average molecular weight is 367 g/mol. The van der Waals surface area contributed by atoms with Crippen LogP contribution in [0.1, 0.15) is 11.3 Å². The first-order valence-electron chi connectivity index (χ1n) is 9.16. The normalized spacial score (nSPS) is 10.8. The molecule has 136 valence electrons. The molecule has 3 heteroatoms. The van der Waals surface area contributed by atoms with Gasteiger partial charge in [-0.05, 0) is 41.6 Å². The predicted octanol–water partition coefficient (Wildman–Crippen LogP) is 6.31. The Bertz CT molecular complexity index is 1250. The van der Waals surface area contributed by atoms with Crippen molar-refractivity contribution in [3.63, 3.8) is 0 Å². The van der Waals surface area contributed by atoms with Crippen LogP contribution in [0.25, 0.3) is 38.0 Å². The number of rotatable bonds is 2. The molecule has 0 bridgehead atoms. The quantitative estimate of drug-likeness (QED) is 0.290. The van der Waals surface area contributed by atoms with Gasteiger partial charge in [0.1, 0.15) is 12.9 Å². The van der Waals surface area contributed by atoms with Crippen molar-refractivity contribution in [1.82, 2.24) is 0 Å². The maximum Gasteiger partial charge on any atom is 0.220 e. The highest BCUT2D eigenvalue weighted by Gasteiger charge is 2.22. The molecule has 0 radical (unpaired) electrons. The highest BCUT2D eigenvalue weighted by molar-refractivity contribution is 5.96. The summed E-state index contributed by atoms with van der Waals surface area (Å²) >= 11 is 0. The van der Waals surface area contributed by atoms with Crippen LogP contribution in [0.3, 0.4) is 0 Å². The summed E-state index contributed by atoms with van der Waals surface area (Å²) in [5.41, 5.74) is 6.05. The van der Waals surface area contributed by atoms with Crippen LogP contribution in [-0.2, 0) is 7.05 Å². The van der Waals surface area contributed by atoms with Crippen molar-refractivity contribution in [3.05, 3.63) is 95.2 Å². The smallest absolute Gasteiger partial charge is 0.220 e. The third-order valence-electron chi connectivity index (χ3n) is 5.30. The minimum absolute atomic E-state index is 0.220. The molecule has 4 rings (SSSR count). The number of aromatic nitrogens is 1. The molecule has 0 aliphatic rings. The maximum absolute atomic E-state index is 14.8. The largest absolute Gasteiger partial charge is 0.238 e. The van der Waals surface area contributed by atoms with Gasteiger partial charge in [-0.3, -0.25) is 0 Å². The first kappa shape index (κ1) is 17.9. The molecule has 0 spiro atoms. The fraction of sp³-hybridized carbons (Fsp3) is 0.120. The Kier molecular flexibility index (Phi) is 4.41. The van der Waals surface area contributed by atoms with Crippen LogP contribution in [0.15, 0.2) is 66.7 Å². The van der Waals surface area contributed by atoms with Gasteiger partial charge in [0.05, 0.1) is 17.5 Å². The lowest BCUT2D eigenvalue weighted by atomic mass is 9.94. The van der Waals surface area contributed by atoms with Gasteiger partial charge in [-0.2, -0.15) is 4.57 Å². The standard InChI is InChI=1S/C25H20FN2/c1-16-12-24(26)23(18-8-6-5-7-9-18)15-22(16)25-21-11-10-20(27-3)14-19(21)13-17(2)28(25)4/h5-15H,1-2,4H3/q+1. The molecule has 0 aliphatic carbocycles. The first-order valence-corrected chi connectivity index (χ1v) is 9.16. The third-order valence-corrected chi connectivity index (χ3v) is 5.30. The summed E-state index contributed by atoms with van der Waals surface area (Å²) in [5.74, 6) is -0.220. The molecule has 0 atom stereocenters. The Labute approximate surface area is 164 Å².